The Morgan fingerprint density at radius 2 is 2.16 bits per heavy atom. The van der Waals surface area contributed by atoms with Crippen LogP contribution in [0.5, 0.6) is 0 Å². The molecule has 1 aromatic heterocycles. The zero-order chi connectivity index (χ0) is 17.4. The molecule has 7 heteroatoms. The number of hydrogen-bond acceptors (Lipinski definition) is 3. The zero-order valence-electron chi connectivity index (χ0n) is 13.7. The second-order valence-electron chi connectivity index (χ2n) is 6.58. The van der Waals surface area contributed by atoms with Crippen molar-refractivity contribution in [3.05, 3.63) is 41.3 Å². The lowest BCUT2D eigenvalue weighted by molar-refractivity contribution is -0.132. The van der Waals surface area contributed by atoms with E-state index in [1.807, 2.05) is 0 Å². The van der Waals surface area contributed by atoms with Gasteiger partial charge in [-0.1, -0.05) is 12.1 Å². The van der Waals surface area contributed by atoms with E-state index < -0.39 is 0 Å². The molecule has 2 amide bonds. The average Bonchev–Trinajstić information content (AvgIpc) is 3.21. The molecule has 6 nitrogen and oxygen atoms in total. The van der Waals surface area contributed by atoms with Gasteiger partial charge in [0.2, 0.25) is 11.8 Å². The molecule has 1 atom stereocenters. The molecule has 1 fully saturated rings. The Morgan fingerprint density at radius 1 is 1.32 bits per heavy atom. The summed E-state index contributed by atoms with van der Waals surface area (Å²) in [4.78, 5) is 25.6. The van der Waals surface area contributed by atoms with Crippen molar-refractivity contribution in [3.63, 3.8) is 0 Å². The molecule has 2 aliphatic rings. The number of hydrogen-bond donors (Lipinski definition) is 2. The van der Waals surface area contributed by atoms with Crippen LogP contribution in [-0.2, 0) is 22.6 Å². The van der Waals surface area contributed by atoms with E-state index in [4.69, 9.17) is 0 Å². The van der Waals surface area contributed by atoms with Crippen LogP contribution in [-0.4, -0.2) is 39.5 Å². The Morgan fingerprint density at radius 3 is 2.92 bits per heavy atom. The molecule has 2 aromatic rings. The van der Waals surface area contributed by atoms with Crippen molar-refractivity contribution < 1.29 is 14.0 Å². The van der Waals surface area contributed by atoms with Gasteiger partial charge in [-0.25, -0.2) is 4.39 Å². The Kier molecular flexibility index (Phi) is 3.99. The van der Waals surface area contributed by atoms with Crippen molar-refractivity contribution in [1.29, 1.82) is 0 Å². The molecule has 1 saturated heterocycles. The van der Waals surface area contributed by atoms with Crippen LogP contribution in [0.2, 0.25) is 0 Å². The predicted octanol–water partition coefficient (Wildman–Crippen LogP) is 1.77. The van der Waals surface area contributed by atoms with Gasteiger partial charge in [-0.15, -0.1) is 0 Å². The van der Waals surface area contributed by atoms with Crippen LogP contribution in [0, 0.1) is 5.82 Å². The van der Waals surface area contributed by atoms with Crippen molar-refractivity contribution in [1.82, 2.24) is 20.4 Å². The van der Waals surface area contributed by atoms with Gasteiger partial charge in [-0.2, -0.15) is 5.10 Å². The van der Waals surface area contributed by atoms with Gasteiger partial charge in [0.25, 0.3) is 0 Å². The maximum Gasteiger partial charge on any atom is 0.224 e. The monoisotopic (exact) mass is 342 g/mol. The number of nitrogens with zero attached hydrogens (tertiary/aromatic N) is 2. The summed E-state index contributed by atoms with van der Waals surface area (Å²) in [6.07, 6.45) is 2.17. The molecule has 130 valence electrons. The summed E-state index contributed by atoms with van der Waals surface area (Å²) in [5, 5.41) is 10.1. The number of halogens is 1. The fourth-order valence-corrected chi connectivity index (χ4v) is 3.55. The molecular weight excluding hydrogens is 323 g/mol. The number of H-pyrrole nitrogens is 1. The summed E-state index contributed by atoms with van der Waals surface area (Å²) in [6, 6.07) is 6.44. The number of carbonyl (C=O) groups excluding carboxylic acids is 2. The van der Waals surface area contributed by atoms with Gasteiger partial charge < -0.3 is 10.2 Å². The fraction of sp³-hybridized carbons (Fsp3) is 0.389. The summed E-state index contributed by atoms with van der Waals surface area (Å²) in [7, 11) is 0. The standard InChI is InChI=1S/C18H19FN4O2/c19-14-4-2-1-3-12(14)18-13-10-23(8-7-15(13)21-22-18)17(25)9-11-5-6-16(24)20-11/h1-4,11H,5-10H2,(H,20,24)(H,21,22). The van der Waals surface area contributed by atoms with Crippen molar-refractivity contribution in [2.45, 2.75) is 38.3 Å². The summed E-state index contributed by atoms with van der Waals surface area (Å²) in [5.74, 6) is -0.303. The minimum Gasteiger partial charge on any atom is -0.353 e. The molecule has 0 saturated carbocycles. The molecule has 0 spiro atoms. The Bertz CT molecular complexity index is 832. The molecule has 0 aliphatic carbocycles. The first-order valence-corrected chi connectivity index (χ1v) is 8.50. The third-order valence-electron chi connectivity index (χ3n) is 4.92. The lowest BCUT2D eigenvalue weighted by atomic mass is 10.00. The maximum absolute atomic E-state index is 14.1. The highest BCUT2D eigenvalue weighted by molar-refractivity contribution is 5.82. The number of nitrogens with one attached hydrogen (secondary N) is 2. The van der Waals surface area contributed by atoms with Gasteiger partial charge in [0.1, 0.15) is 11.5 Å². The molecule has 25 heavy (non-hydrogen) atoms. The van der Waals surface area contributed by atoms with E-state index in [9.17, 15) is 14.0 Å². The van der Waals surface area contributed by atoms with Crippen molar-refractivity contribution in [2.75, 3.05) is 6.54 Å². The third kappa shape index (κ3) is 3.01. The van der Waals surface area contributed by atoms with Crippen LogP contribution in [0.4, 0.5) is 4.39 Å². The quantitative estimate of drug-likeness (QED) is 0.892. The number of benzene rings is 1. The molecule has 0 bridgehead atoms. The van der Waals surface area contributed by atoms with E-state index in [1.54, 1.807) is 23.1 Å². The van der Waals surface area contributed by atoms with Crippen LogP contribution in [0.15, 0.2) is 24.3 Å². The smallest absolute Gasteiger partial charge is 0.224 e. The van der Waals surface area contributed by atoms with Gasteiger partial charge >= 0.3 is 0 Å². The summed E-state index contributed by atoms with van der Waals surface area (Å²) < 4.78 is 14.1. The molecular formula is C18H19FN4O2. The molecule has 3 heterocycles. The van der Waals surface area contributed by atoms with E-state index in [2.05, 4.69) is 15.5 Å². The Hall–Kier alpha value is -2.70. The van der Waals surface area contributed by atoms with Gasteiger partial charge in [-0.05, 0) is 18.6 Å². The van der Waals surface area contributed by atoms with Crippen molar-refractivity contribution in [2.24, 2.45) is 0 Å². The highest BCUT2D eigenvalue weighted by atomic mass is 19.1. The average molecular weight is 342 g/mol. The fourth-order valence-electron chi connectivity index (χ4n) is 3.55. The number of fused-ring (bicyclic) bond motifs is 1. The van der Waals surface area contributed by atoms with Gasteiger partial charge in [0.05, 0.1) is 0 Å². The minimum atomic E-state index is -0.325. The van der Waals surface area contributed by atoms with Gasteiger partial charge in [-0.3, -0.25) is 14.7 Å². The second kappa shape index (κ2) is 6.31. The van der Waals surface area contributed by atoms with Gasteiger partial charge in [0, 0.05) is 55.2 Å². The largest absolute Gasteiger partial charge is 0.353 e. The Labute approximate surface area is 144 Å². The summed E-state index contributed by atoms with van der Waals surface area (Å²) in [6.45, 7) is 1.01. The second-order valence-corrected chi connectivity index (χ2v) is 6.58. The first-order valence-electron chi connectivity index (χ1n) is 8.50. The molecule has 1 aromatic carbocycles. The van der Waals surface area contributed by atoms with E-state index in [0.29, 0.717) is 50.0 Å². The number of carbonyl (C=O) groups is 2. The number of aromatic amines is 1. The molecule has 1 unspecified atom stereocenters. The van der Waals surface area contributed by atoms with Crippen LogP contribution in [0.1, 0.15) is 30.5 Å². The SMILES string of the molecule is O=C1CCC(CC(=O)N2CCc3[nH]nc(-c4ccccc4F)c3C2)N1. The van der Waals surface area contributed by atoms with E-state index in [-0.39, 0.29) is 23.7 Å². The topological polar surface area (TPSA) is 78.1 Å². The van der Waals surface area contributed by atoms with Crippen molar-refractivity contribution in [3.8, 4) is 11.3 Å². The molecule has 0 radical (unpaired) electrons. The van der Waals surface area contributed by atoms with Crippen LogP contribution in [0.25, 0.3) is 11.3 Å². The number of aromatic nitrogens is 2. The predicted molar refractivity (Wildman–Crippen MR) is 88.9 cm³/mol. The van der Waals surface area contributed by atoms with Crippen LogP contribution < -0.4 is 5.32 Å². The lowest BCUT2D eigenvalue weighted by Gasteiger charge is -2.28. The third-order valence-corrected chi connectivity index (χ3v) is 4.92. The summed E-state index contributed by atoms with van der Waals surface area (Å²) in [5.41, 5.74) is 2.84. The van der Waals surface area contributed by atoms with Crippen molar-refractivity contribution >= 4 is 11.8 Å². The Balaban J connectivity index is 1.53. The highest BCUT2D eigenvalue weighted by Gasteiger charge is 2.29. The van der Waals surface area contributed by atoms with E-state index in [0.717, 1.165) is 11.3 Å². The molecule has 2 N–H and O–H groups in total. The van der Waals surface area contributed by atoms with Crippen LogP contribution in [0.3, 0.4) is 0 Å². The molecule has 4 rings (SSSR count). The number of amides is 2. The minimum absolute atomic E-state index is 0.00963. The van der Waals surface area contributed by atoms with E-state index >= 15 is 0 Å². The maximum atomic E-state index is 14.1. The first kappa shape index (κ1) is 15.8. The molecule has 2 aliphatic heterocycles. The van der Waals surface area contributed by atoms with Gasteiger partial charge in [0.15, 0.2) is 0 Å². The number of rotatable bonds is 3. The zero-order valence-corrected chi connectivity index (χ0v) is 13.7. The lowest BCUT2D eigenvalue weighted by Crippen LogP contribution is -2.39. The summed E-state index contributed by atoms with van der Waals surface area (Å²) >= 11 is 0. The highest BCUT2D eigenvalue weighted by Crippen LogP contribution is 2.30. The normalized spacial score (nSPS) is 19.6. The van der Waals surface area contributed by atoms with Crippen LogP contribution >= 0.6 is 0 Å². The first-order chi connectivity index (χ1) is 12.1. The van der Waals surface area contributed by atoms with E-state index in [1.165, 1.54) is 6.07 Å².